The molecule has 0 aromatic heterocycles. The van der Waals surface area contributed by atoms with Gasteiger partial charge in [-0.1, -0.05) is 35.9 Å². The third-order valence-corrected chi connectivity index (χ3v) is 5.87. The van der Waals surface area contributed by atoms with Crippen molar-refractivity contribution in [2.75, 3.05) is 34.2 Å². The molecule has 0 saturated heterocycles. The fourth-order valence-electron chi connectivity index (χ4n) is 3.84. The number of benzene rings is 3. The lowest BCUT2D eigenvalue weighted by Crippen LogP contribution is -2.09. The van der Waals surface area contributed by atoms with Gasteiger partial charge in [-0.05, 0) is 50.1 Å². The SMILES string of the molecule is COc1ccccc1-c1cc(OC)c(-c2ccc(OCCC=C(C)C)c(F)c2)c(OS(C)(=O)=O)c1OC. The molecule has 0 fully saturated rings. The molecule has 0 bridgehead atoms. The Morgan fingerprint density at radius 1 is 0.865 bits per heavy atom. The van der Waals surface area contributed by atoms with Gasteiger partial charge in [0.05, 0.1) is 39.8 Å². The van der Waals surface area contributed by atoms with Crippen LogP contribution in [-0.4, -0.2) is 42.6 Å². The van der Waals surface area contributed by atoms with Crippen molar-refractivity contribution in [3.05, 3.63) is 66.0 Å². The number of methoxy groups -OCH3 is 3. The molecular weight excluding hydrogens is 499 g/mol. The Bertz CT molecular complexity index is 1390. The molecule has 37 heavy (non-hydrogen) atoms. The molecule has 3 aromatic rings. The molecule has 0 atom stereocenters. The van der Waals surface area contributed by atoms with Gasteiger partial charge in [0.2, 0.25) is 0 Å². The summed E-state index contributed by atoms with van der Waals surface area (Å²) in [6, 6.07) is 13.2. The van der Waals surface area contributed by atoms with E-state index in [-0.39, 0.29) is 28.6 Å². The van der Waals surface area contributed by atoms with Crippen molar-refractivity contribution in [3.63, 3.8) is 0 Å². The van der Waals surface area contributed by atoms with E-state index in [9.17, 15) is 8.42 Å². The summed E-state index contributed by atoms with van der Waals surface area (Å²) >= 11 is 0. The van der Waals surface area contributed by atoms with Crippen LogP contribution < -0.4 is 23.1 Å². The number of allylic oxidation sites excluding steroid dienone is 1. The second-order valence-corrected chi connectivity index (χ2v) is 9.99. The molecule has 198 valence electrons. The minimum Gasteiger partial charge on any atom is -0.496 e. The first-order chi connectivity index (χ1) is 17.6. The highest BCUT2D eigenvalue weighted by atomic mass is 32.2. The fourth-order valence-corrected chi connectivity index (χ4v) is 4.30. The molecule has 9 heteroatoms. The van der Waals surface area contributed by atoms with Gasteiger partial charge in [0.15, 0.2) is 23.1 Å². The van der Waals surface area contributed by atoms with Crippen molar-refractivity contribution in [2.45, 2.75) is 20.3 Å². The summed E-state index contributed by atoms with van der Waals surface area (Å²) in [5.74, 6) is 0.219. The summed E-state index contributed by atoms with van der Waals surface area (Å²) in [5.41, 5.74) is 2.76. The van der Waals surface area contributed by atoms with Crippen LogP contribution in [0.1, 0.15) is 20.3 Å². The molecular formula is C28H31FO7S. The van der Waals surface area contributed by atoms with Gasteiger partial charge in [-0.3, -0.25) is 0 Å². The van der Waals surface area contributed by atoms with E-state index in [1.165, 1.54) is 33.5 Å². The van der Waals surface area contributed by atoms with E-state index >= 15 is 4.39 Å². The lowest BCUT2D eigenvalue weighted by Gasteiger charge is -2.21. The third kappa shape index (κ3) is 6.74. The first kappa shape index (κ1) is 27.9. The van der Waals surface area contributed by atoms with E-state index in [1.54, 1.807) is 36.4 Å². The molecule has 0 spiro atoms. The second kappa shape index (κ2) is 12.0. The molecule has 0 saturated carbocycles. The van der Waals surface area contributed by atoms with Gasteiger partial charge >= 0.3 is 10.1 Å². The maximum Gasteiger partial charge on any atom is 0.306 e. The number of hydrogen-bond acceptors (Lipinski definition) is 7. The van der Waals surface area contributed by atoms with Crippen molar-refractivity contribution in [3.8, 4) is 51.0 Å². The van der Waals surface area contributed by atoms with Gasteiger partial charge in [0.1, 0.15) is 11.5 Å². The third-order valence-electron chi connectivity index (χ3n) is 5.40. The average Bonchev–Trinajstić information content (AvgIpc) is 2.85. The molecule has 0 amide bonds. The minimum absolute atomic E-state index is 0.0769. The molecule has 3 aromatic carbocycles. The average molecular weight is 531 g/mol. The van der Waals surface area contributed by atoms with Crippen LogP contribution in [0, 0.1) is 5.82 Å². The van der Waals surface area contributed by atoms with Crippen LogP contribution in [0.4, 0.5) is 4.39 Å². The number of rotatable bonds is 11. The summed E-state index contributed by atoms with van der Waals surface area (Å²) < 4.78 is 67.4. The summed E-state index contributed by atoms with van der Waals surface area (Å²) in [6.45, 7) is 4.27. The Balaban J connectivity index is 2.22. The van der Waals surface area contributed by atoms with Gasteiger partial charge in [-0.15, -0.1) is 0 Å². The predicted octanol–water partition coefficient (Wildman–Crippen LogP) is 6.26. The van der Waals surface area contributed by atoms with Crippen LogP contribution in [-0.2, 0) is 10.1 Å². The number of ether oxygens (including phenoxy) is 4. The minimum atomic E-state index is -4.01. The predicted molar refractivity (Wildman–Crippen MR) is 142 cm³/mol. The van der Waals surface area contributed by atoms with Crippen molar-refractivity contribution < 1.29 is 35.9 Å². The molecule has 3 rings (SSSR count). The standard InChI is InChI=1S/C28H31FO7S/c1-18(2)10-9-15-35-24-14-13-19(16-22(24)29)26-25(33-4)17-21(20-11-7-8-12-23(20)32-3)27(34-5)28(26)36-37(6,30)31/h7-8,10-14,16-17H,9,15H2,1-6H3. The summed E-state index contributed by atoms with van der Waals surface area (Å²) in [5, 5.41) is 0. The van der Waals surface area contributed by atoms with E-state index < -0.39 is 15.9 Å². The zero-order valence-corrected chi connectivity index (χ0v) is 22.6. The molecule has 0 heterocycles. The van der Waals surface area contributed by atoms with E-state index in [2.05, 4.69) is 0 Å². The van der Waals surface area contributed by atoms with Gasteiger partial charge in [-0.2, -0.15) is 8.42 Å². The van der Waals surface area contributed by atoms with Crippen LogP contribution in [0.3, 0.4) is 0 Å². The van der Waals surface area contributed by atoms with Crippen LogP contribution in [0.5, 0.6) is 28.7 Å². The van der Waals surface area contributed by atoms with E-state index in [0.29, 0.717) is 35.5 Å². The zero-order chi connectivity index (χ0) is 27.2. The monoisotopic (exact) mass is 530 g/mol. The smallest absolute Gasteiger partial charge is 0.306 e. The molecule has 0 N–H and O–H groups in total. The summed E-state index contributed by atoms with van der Waals surface area (Å²) in [7, 11) is 0.335. The molecule has 0 radical (unpaired) electrons. The maximum absolute atomic E-state index is 15.1. The van der Waals surface area contributed by atoms with Gasteiger partial charge < -0.3 is 23.1 Å². The quantitative estimate of drug-likeness (QED) is 0.164. The first-order valence-electron chi connectivity index (χ1n) is 11.5. The van der Waals surface area contributed by atoms with Crippen molar-refractivity contribution in [1.82, 2.24) is 0 Å². The summed E-state index contributed by atoms with van der Waals surface area (Å²) in [4.78, 5) is 0. The first-order valence-corrected chi connectivity index (χ1v) is 13.3. The second-order valence-electron chi connectivity index (χ2n) is 8.42. The van der Waals surface area contributed by atoms with Crippen LogP contribution >= 0.6 is 0 Å². The lowest BCUT2D eigenvalue weighted by atomic mass is 9.96. The Morgan fingerprint density at radius 2 is 1.57 bits per heavy atom. The van der Waals surface area contributed by atoms with Crippen molar-refractivity contribution in [1.29, 1.82) is 0 Å². The number of halogens is 1. The zero-order valence-electron chi connectivity index (χ0n) is 21.8. The van der Waals surface area contributed by atoms with Crippen molar-refractivity contribution in [2.24, 2.45) is 0 Å². The number of hydrogen-bond donors (Lipinski definition) is 0. The molecule has 7 nitrogen and oxygen atoms in total. The van der Waals surface area contributed by atoms with Crippen LogP contribution in [0.2, 0.25) is 0 Å². The molecule has 0 unspecified atom stereocenters. The largest absolute Gasteiger partial charge is 0.496 e. The van der Waals surface area contributed by atoms with E-state index in [4.69, 9.17) is 23.1 Å². The van der Waals surface area contributed by atoms with Gasteiger partial charge in [-0.25, -0.2) is 4.39 Å². The lowest BCUT2D eigenvalue weighted by molar-refractivity contribution is 0.308. The molecule has 0 aliphatic carbocycles. The van der Waals surface area contributed by atoms with Crippen LogP contribution in [0.15, 0.2) is 60.2 Å². The van der Waals surface area contributed by atoms with Crippen molar-refractivity contribution >= 4 is 10.1 Å². The number of para-hydroxylation sites is 1. The topological polar surface area (TPSA) is 80.3 Å². The molecule has 0 aliphatic heterocycles. The highest BCUT2D eigenvalue weighted by Crippen LogP contribution is 2.52. The van der Waals surface area contributed by atoms with Gasteiger partial charge in [0, 0.05) is 11.1 Å². The highest BCUT2D eigenvalue weighted by molar-refractivity contribution is 7.86. The highest BCUT2D eigenvalue weighted by Gasteiger charge is 2.27. The normalized spacial score (nSPS) is 11.0. The Morgan fingerprint density at radius 3 is 2.16 bits per heavy atom. The van der Waals surface area contributed by atoms with Gasteiger partial charge in [0.25, 0.3) is 0 Å². The Labute approximate surface area is 217 Å². The Kier molecular flexibility index (Phi) is 9.04. The molecule has 0 aliphatic rings. The fraction of sp³-hybridized carbons (Fsp3) is 0.286. The van der Waals surface area contributed by atoms with E-state index in [1.807, 2.05) is 19.9 Å². The maximum atomic E-state index is 15.1. The van der Waals surface area contributed by atoms with E-state index in [0.717, 1.165) is 11.8 Å². The van der Waals surface area contributed by atoms with Crippen LogP contribution in [0.25, 0.3) is 22.3 Å². The Hall–Kier alpha value is -3.72. The summed E-state index contributed by atoms with van der Waals surface area (Å²) in [6.07, 6.45) is 3.56.